The van der Waals surface area contributed by atoms with E-state index in [1.807, 2.05) is 6.92 Å². The highest BCUT2D eigenvalue weighted by Crippen LogP contribution is 2.28. The highest BCUT2D eigenvalue weighted by molar-refractivity contribution is 5.81. The predicted molar refractivity (Wildman–Crippen MR) is 61.7 cm³/mol. The fourth-order valence-corrected chi connectivity index (χ4v) is 2.47. The number of carbonyl (C=O) groups excluding carboxylic acids is 1. The van der Waals surface area contributed by atoms with Gasteiger partial charge < -0.3 is 5.32 Å². The first-order valence-electron chi connectivity index (χ1n) is 6.37. The average molecular weight is 226 g/mol. The lowest BCUT2D eigenvalue weighted by Gasteiger charge is -2.32. The summed E-state index contributed by atoms with van der Waals surface area (Å²) in [5, 5.41) is 3.27. The van der Waals surface area contributed by atoms with Crippen LogP contribution in [0, 0.1) is 5.41 Å². The molecule has 92 valence electrons. The zero-order valence-electron chi connectivity index (χ0n) is 10.1. The minimum atomic E-state index is -0.246. The van der Waals surface area contributed by atoms with Crippen molar-refractivity contribution in [2.75, 3.05) is 13.1 Å². The molecule has 2 aliphatic rings. The van der Waals surface area contributed by atoms with E-state index in [-0.39, 0.29) is 17.4 Å². The summed E-state index contributed by atoms with van der Waals surface area (Å²) >= 11 is 0. The second kappa shape index (κ2) is 5.15. The van der Waals surface area contributed by atoms with E-state index in [1.165, 1.54) is 12.8 Å². The van der Waals surface area contributed by atoms with Crippen molar-refractivity contribution < 1.29 is 9.63 Å². The standard InChI is InChI=1S/C12H22N2O2/c1-12(6-8-13-9-7-12)11(15)14-16-10-4-2-3-5-10/h10,13H,2-9H2,1H3,(H,14,15). The van der Waals surface area contributed by atoms with Gasteiger partial charge in [-0.25, -0.2) is 5.48 Å². The average Bonchev–Trinajstić information content (AvgIpc) is 2.79. The summed E-state index contributed by atoms with van der Waals surface area (Å²) in [5.41, 5.74) is 2.42. The van der Waals surface area contributed by atoms with Crippen LogP contribution in [0.3, 0.4) is 0 Å². The lowest BCUT2D eigenvalue weighted by molar-refractivity contribution is -0.149. The first kappa shape index (κ1) is 11.9. The van der Waals surface area contributed by atoms with Crippen molar-refractivity contribution in [1.29, 1.82) is 0 Å². The maximum atomic E-state index is 12.0. The van der Waals surface area contributed by atoms with Crippen LogP contribution in [0.5, 0.6) is 0 Å². The fraction of sp³-hybridized carbons (Fsp3) is 0.917. The zero-order chi connectivity index (χ0) is 11.4. The maximum Gasteiger partial charge on any atom is 0.249 e. The lowest BCUT2D eigenvalue weighted by Crippen LogP contribution is -2.46. The van der Waals surface area contributed by atoms with E-state index in [4.69, 9.17) is 4.84 Å². The third-order valence-electron chi connectivity index (χ3n) is 3.88. The molecule has 4 nitrogen and oxygen atoms in total. The summed E-state index contributed by atoms with van der Waals surface area (Å²) in [6.07, 6.45) is 6.65. The van der Waals surface area contributed by atoms with Gasteiger partial charge in [0.05, 0.1) is 11.5 Å². The van der Waals surface area contributed by atoms with Crippen LogP contribution in [0.4, 0.5) is 0 Å². The van der Waals surface area contributed by atoms with E-state index in [0.717, 1.165) is 38.8 Å². The van der Waals surface area contributed by atoms with E-state index in [9.17, 15) is 4.79 Å². The smallest absolute Gasteiger partial charge is 0.249 e. The van der Waals surface area contributed by atoms with Crippen LogP contribution >= 0.6 is 0 Å². The van der Waals surface area contributed by atoms with Gasteiger partial charge in [0.15, 0.2) is 0 Å². The monoisotopic (exact) mass is 226 g/mol. The van der Waals surface area contributed by atoms with Crippen molar-refractivity contribution in [2.45, 2.75) is 51.6 Å². The molecule has 2 N–H and O–H groups in total. The number of amides is 1. The van der Waals surface area contributed by atoms with Crippen molar-refractivity contribution in [2.24, 2.45) is 5.41 Å². The molecule has 1 saturated heterocycles. The number of piperidine rings is 1. The number of hydrogen-bond donors (Lipinski definition) is 2. The van der Waals surface area contributed by atoms with Gasteiger partial charge in [-0.1, -0.05) is 19.8 Å². The summed E-state index contributed by atoms with van der Waals surface area (Å²) < 4.78 is 0. The van der Waals surface area contributed by atoms with Crippen LogP contribution in [0.1, 0.15) is 45.4 Å². The van der Waals surface area contributed by atoms with Crippen molar-refractivity contribution in [3.05, 3.63) is 0 Å². The van der Waals surface area contributed by atoms with Gasteiger partial charge in [-0.05, 0) is 38.8 Å². The summed E-state index contributed by atoms with van der Waals surface area (Å²) in [4.78, 5) is 17.5. The zero-order valence-corrected chi connectivity index (χ0v) is 10.1. The van der Waals surface area contributed by atoms with Gasteiger partial charge in [0.25, 0.3) is 0 Å². The lowest BCUT2D eigenvalue weighted by atomic mass is 9.80. The van der Waals surface area contributed by atoms with Crippen LogP contribution in [0.2, 0.25) is 0 Å². The summed E-state index contributed by atoms with van der Waals surface area (Å²) in [6, 6.07) is 0. The number of hydrogen-bond acceptors (Lipinski definition) is 3. The van der Waals surface area contributed by atoms with Crippen LogP contribution in [-0.2, 0) is 9.63 Å². The molecule has 0 aromatic heterocycles. The number of rotatable bonds is 3. The second-order valence-electron chi connectivity index (χ2n) is 5.27. The molecule has 0 unspecified atom stereocenters. The van der Waals surface area contributed by atoms with Gasteiger partial charge in [-0.2, -0.15) is 0 Å². The van der Waals surface area contributed by atoms with Gasteiger partial charge in [0, 0.05) is 0 Å². The molecule has 1 heterocycles. The van der Waals surface area contributed by atoms with Gasteiger partial charge in [-0.15, -0.1) is 0 Å². The molecule has 0 spiro atoms. The number of hydroxylamine groups is 1. The van der Waals surface area contributed by atoms with Crippen LogP contribution < -0.4 is 10.8 Å². The van der Waals surface area contributed by atoms with Gasteiger partial charge in [0.1, 0.15) is 0 Å². The molecule has 1 saturated carbocycles. The Kier molecular flexibility index (Phi) is 3.82. The molecule has 0 atom stereocenters. The minimum absolute atomic E-state index is 0.0564. The van der Waals surface area contributed by atoms with Crippen molar-refractivity contribution in [1.82, 2.24) is 10.8 Å². The molecule has 0 aromatic carbocycles. The highest BCUT2D eigenvalue weighted by atomic mass is 16.7. The van der Waals surface area contributed by atoms with E-state index in [2.05, 4.69) is 10.8 Å². The Morgan fingerprint density at radius 2 is 1.94 bits per heavy atom. The Bertz CT molecular complexity index is 243. The SMILES string of the molecule is CC1(C(=O)NOC2CCCC2)CCNCC1. The van der Waals surface area contributed by atoms with Gasteiger partial charge in [0.2, 0.25) is 5.91 Å². The summed E-state index contributed by atoms with van der Waals surface area (Å²) in [6.45, 7) is 3.88. The number of carbonyl (C=O) groups is 1. The van der Waals surface area contributed by atoms with E-state index in [1.54, 1.807) is 0 Å². The molecule has 0 radical (unpaired) electrons. The normalized spacial score (nSPS) is 25.6. The van der Waals surface area contributed by atoms with Crippen molar-refractivity contribution in [3.63, 3.8) is 0 Å². The van der Waals surface area contributed by atoms with E-state index < -0.39 is 0 Å². The van der Waals surface area contributed by atoms with Crippen molar-refractivity contribution in [3.8, 4) is 0 Å². The Labute approximate surface area is 97.1 Å². The van der Waals surface area contributed by atoms with Crippen LogP contribution in [0.25, 0.3) is 0 Å². The Balaban J connectivity index is 1.77. The summed E-state index contributed by atoms with van der Waals surface area (Å²) in [7, 11) is 0. The number of nitrogens with one attached hydrogen (secondary N) is 2. The Morgan fingerprint density at radius 1 is 1.31 bits per heavy atom. The third kappa shape index (κ3) is 2.74. The molecule has 16 heavy (non-hydrogen) atoms. The highest BCUT2D eigenvalue weighted by Gasteiger charge is 2.35. The largest absolute Gasteiger partial charge is 0.317 e. The van der Waals surface area contributed by atoms with Gasteiger partial charge >= 0.3 is 0 Å². The molecule has 1 amide bonds. The Hall–Kier alpha value is -0.610. The van der Waals surface area contributed by atoms with Gasteiger partial charge in [-0.3, -0.25) is 9.63 Å². The first-order chi connectivity index (χ1) is 7.71. The molecule has 1 aliphatic heterocycles. The third-order valence-corrected chi connectivity index (χ3v) is 3.88. The molecule has 0 bridgehead atoms. The second-order valence-corrected chi connectivity index (χ2v) is 5.27. The molecule has 4 heteroatoms. The topological polar surface area (TPSA) is 50.4 Å². The van der Waals surface area contributed by atoms with Crippen LogP contribution in [0.15, 0.2) is 0 Å². The molecule has 0 aromatic rings. The fourth-order valence-electron chi connectivity index (χ4n) is 2.47. The minimum Gasteiger partial charge on any atom is -0.317 e. The molecular formula is C12H22N2O2. The molecule has 2 rings (SSSR count). The van der Waals surface area contributed by atoms with E-state index >= 15 is 0 Å². The van der Waals surface area contributed by atoms with E-state index in [0.29, 0.717) is 0 Å². The molecule has 1 aliphatic carbocycles. The first-order valence-corrected chi connectivity index (χ1v) is 6.37. The quantitative estimate of drug-likeness (QED) is 0.715. The summed E-state index contributed by atoms with van der Waals surface area (Å²) in [5.74, 6) is 0.0564. The van der Waals surface area contributed by atoms with Crippen LogP contribution in [-0.4, -0.2) is 25.1 Å². The Morgan fingerprint density at radius 3 is 2.56 bits per heavy atom. The van der Waals surface area contributed by atoms with Crippen molar-refractivity contribution >= 4 is 5.91 Å². The predicted octanol–water partition coefficient (Wildman–Crippen LogP) is 1.37. The molecular weight excluding hydrogens is 204 g/mol. The molecule has 2 fully saturated rings. The maximum absolute atomic E-state index is 12.0.